The number of hydrogen-bond acceptors (Lipinski definition) is 5. The van der Waals surface area contributed by atoms with Gasteiger partial charge in [0.2, 0.25) is 0 Å². The average Bonchev–Trinajstić information content (AvgIpc) is 2.58. The summed E-state index contributed by atoms with van der Waals surface area (Å²) in [4.78, 5) is 11.7. The van der Waals surface area contributed by atoms with Crippen LogP contribution in [-0.4, -0.2) is 44.7 Å². The molecule has 0 aromatic rings. The van der Waals surface area contributed by atoms with Crippen LogP contribution in [0.1, 0.15) is 39.5 Å². The molecule has 3 N–H and O–H groups in total. The van der Waals surface area contributed by atoms with Crippen molar-refractivity contribution in [2.24, 2.45) is 11.3 Å². The highest BCUT2D eigenvalue weighted by Gasteiger charge is 2.69. The van der Waals surface area contributed by atoms with E-state index in [2.05, 4.69) is 6.58 Å². The van der Waals surface area contributed by atoms with Gasteiger partial charge in [-0.05, 0) is 25.2 Å². The summed E-state index contributed by atoms with van der Waals surface area (Å²) < 4.78 is 5.16. The number of fused-ring (bicyclic) bond motifs is 2. The van der Waals surface area contributed by atoms with Gasteiger partial charge in [-0.1, -0.05) is 20.4 Å². The second-order valence-electron chi connectivity index (χ2n) is 7.01. The summed E-state index contributed by atoms with van der Waals surface area (Å²) >= 11 is 0. The van der Waals surface area contributed by atoms with E-state index < -0.39 is 34.8 Å². The number of ether oxygens (including phenoxy) is 1. The van der Waals surface area contributed by atoms with E-state index in [1.807, 2.05) is 13.8 Å². The highest BCUT2D eigenvalue weighted by molar-refractivity contribution is 5.93. The summed E-state index contributed by atoms with van der Waals surface area (Å²) in [5, 5.41) is 32.2. The van der Waals surface area contributed by atoms with E-state index in [-0.39, 0.29) is 24.3 Å². The summed E-state index contributed by atoms with van der Waals surface area (Å²) in [6, 6.07) is 0. The summed E-state index contributed by atoms with van der Waals surface area (Å²) in [5.74, 6) is -0.477. The van der Waals surface area contributed by atoms with Crippen molar-refractivity contribution < 1.29 is 24.9 Å². The van der Waals surface area contributed by atoms with Crippen LogP contribution in [0, 0.1) is 11.3 Å². The molecule has 5 nitrogen and oxygen atoms in total. The molecule has 6 atom stereocenters. The molecule has 0 unspecified atom stereocenters. The lowest BCUT2D eigenvalue weighted by Gasteiger charge is -2.60. The van der Waals surface area contributed by atoms with Gasteiger partial charge in [-0.2, -0.15) is 0 Å². The van der Waals surface area contributed by atoms with Crippen LogP contribution in [0.4, 0.5) is 0 Å². The van der Waals surface area contributed by atoms with Crippen LogP contribution < -0.4 is 0 Å². The Morgan fingerprint density at radius 1 is 1.35 bits per heavy atom. The van der Waals surface area contributed by atoms with Crippen LogP contribution in [0.2, 0.25) is 0 Å². The first-order chi connectivity index (χ1) is 9.15. The Morgan fingerprint density at radius 3 is 2.65 bits per heavy atom. The van der Waals surface area contributed by atoms with Crippen LogP contribution in [0.3, 0.4) is 0 Å². The number of esters is 1. The first-order valence-corrected chi connectivity index (χ1v) is 7.18. The Hall–Kier alpha value is -0.910. The Bertz CT molecular complexity index is 489. The van der Waals surface area contributed by atoms with Gasteiger partial charge in [-0.3, -0.25) is 0 Å². The van der Waals surface area contributed by atoms with E-state index in [4.69, 9.17) is 4.74 Å². The Kier molecular flexibility index (Phi) is 2.70. The number of carbonyl (C=O) groups is 1. The molecule has 3 fully saturated rings. The van der Waals surface area contributed by atoms with Crippen molar-refractivity contribution in [1.82, 2.24) is 0 Å². The van der Waals surface area contributed by atoms with Crippen molar-refractivity contribution in [1.29, 1.82) is 0 Å². The van der Waals surface area contributed by atoms with Crippen molar-refractivity contribution in [2.75, 3.05) is 0 Å². The van der Waals surface area contributed by atoms with Gasteiger partial charge in [0.15, 0.2) is 0 Å². The molecule has 0 aromatic heterocycles. The zero-order valence-electron chi connectivity index (χ0n) is 11.9. The topological polar surface area (TPSA) is 87.0 Å². The molecule has 1 heterocycles. The van der Waals surface area contributed by atoms with Crippen molar-refractivity contribution in [2.45, 2.75) is 62.9 Å². The van der Waals surface area contributed by atoms with Gasteiger partial charge in [0, 0.05) is 11.8 Å². The summed E-state index contributed by atoms with van der Waals surface area (Å²) in [6.45, 7) is 7.55. The van der Waals surface area contributed by atoms with Crippen molar-refractivity contribution in [3.63, 3.8) is 0 Å². The lowest BCUT2D eigenvalue weighted by Crippen LogP contribution is -2.69. The molecule has 2 saturated carbocycles. The van der Waals surface area contributed by atoms with Gasteiger partial charge in [0.1, 0.15) is 11.7 Å². The highest BCUT2D eigenvalue weighted by Crippen LogP contribution is 2.61. The second-order valence-corrected chi connectivity index (χ2v) is 7.01. The summed E-state index contributed by atoms with van der Waals surface area (Å²) in [6.07, 6.45) is -0.142. The van der Waals surface area contributed by atoms with E-state index in [1.165, 1.54) is 0 Å². The molecule has 0 amide bonds. The molecule has 0 aromatic carbocycles. The zero-order chi connectivity index (χ0) is 14.9. The predicted octanol–water partition coefficient (Wildman–Crippen LogP) is 0.521. The van der Waals surface area contributed by atoms with Crippen molar-refractivity contribution in [3.8, 4) is 0 Å². The van der Waals surface area contributed by atoms with E-state index in [9.17, 15) is 20.1 Å². The molecule has 0 spiro atoms. The normalized spacial score (nSPS) is 55.1. The zero-order valence-corrected chi connectivity index (χ0v) is 11.9. The fourth-order valence-corrected chi connectivity index (χ4v) is 4.41. The van der Waals surface area contributed by atoms with Crippen molar-refractivity contribution >= 4 is 5.97 Å². The fraction of sp³-hybridized carbons (Fsp3) is 0.800. The monoisotopic (exact) mass is 282 g/mol. The number of hydrogen-bond donors (Lipinski definition) is 3. The van der Waals surface area contributed by atoms with E-state index in [0.717, 1.165) is 6.42 Å². The average molecular weight is 282 g/mol. The van der Waals surface area contributed by atoms with Gasteiger partial charge >= 0.3 is 5.97 Å². The van der Waals surface area contributed by atoms with Crippen LogP contribution in [0.25, 0.3) is 0 Å². The third-order valence-corrected chi connectivity index (χ3v) is 6.19. The molecule has 0 bridgehead atoms. The van der Waals surface area contributed by atoms with Crippen LogP contribution >= 0.6 is 0 Å². The Morgan fingerprint density at radius 2 is 2.00 bits per heavy atom. The maximum atomic E-state index is 11.7. The maximum Gasteiger partial charge on any atom is 0.336 e. The van der Waals surface area contributed by atoms with E-state index >= 15 is 0 Å². The maximum absolute atomic E-state index is 11.7. The molecular formula is C15H22O5. The lowest BCUT2D eigenvalue weighted by atomic mass is 9.48. The van der Waals surface area contributed by atoms with Gasteiger partial charge < -0.3 is 20.1 Å². The molecular weight excluding hydrogens is 260 g/mol. The molecule has 3 rings (SSSR count). The van der Waals surface area contributed by atoms with E-state index in [0.29, 0.717) is 6.42 Å². The lowest BCUT2D eigenvalue weighted by molar-refractivity contribution is -0.261. The standard InChI is InChI=1S/C15H22O5/c1-8-4-5-10(16)15(19)6-11-14(18,7-13(8,15)3)9(2)12(17)20-11/h8,10-11,16,18-19H,2,4-7H2,1,3H3/t8-,10-,11+,13+,14-,15-/m0/s1. The predicted molar refractivity (Wildman–Crippen MR) is 70.7 cm³/mol. The quantitative estimate of drug-likeness (QED) is 0.445. The largest absolute Gasteiger partial charge is 0.455 e. The van der Waals surface area contributed by atoms with E-state index in [1.54, 1.807) is 0 Å². The smallest absolute Gasteiger partial charge is 0.336 e. The first kappa shape index (κ1) is 14.0. The number of carbonyl (C=O) groups excluding carboxylic acids is 1. The van der Waals surface area contributed by atoms with Crippen molar-refractivity contribution in [3.05, 3.63) is 12.2 Å². The van der Waals surface area contributed by atoms with Crippen LogP contribution in [0.5, 0.6) is 0 Å². The van der Waals surface area contributed by atoms with Gasteiger partial charge in [0.25, 0.3) is 0 Å². The molecule has 1 saturated heterocycles. The number of aliphatic hydroxyl groups excluding tert-OH is 1. The van der Waals surface area contributed by atoms with Crippen LogP contribution in [0.15, 0.2) is 12.2 Å². The third-order valence-electron chi connectivity index (χ3n) is 6.19. The molecule has 0 radical (unpaired) electrons. The van der Waals surface area contributed by atoms with Gasteiger partial charge in [-0.25, -0.2) is 4.79 Å². The summed E-state index contributed by atoms with van der Waals surface area (Å²) in [7, 11) is 0. The summed E-state index contributed by atoms with van der Waals surface area (Å²) in [5.41, 5.74) is -3.37. The SMILES string of the molecule is C=C1C(=O)O[C@@H]2C[C@]3(O)[C@@H](O)CC[C@H](C)[C@@]3(C)C[C@]12O. The minimum absolute atomic E-state index is 0.0519. The fourth-order valence-electron chi connectivity index (χ4n) is 4.41. The Balaban J connectivity index is 2.07. The molecule has 112 valence electrons. The third kappa shape index (κ3) is 1.41. The minimum atomic E-state index is -1.43. The molecule has 1 aliphatic heterocycles. The molecule has 20 heavy (non-hydrogen) atoms. The van der Waals surface area contributed by atoms with Gasteiger partial charge in [0.05, 0.1) is 17.3 Å². The van der Waals surface area contributed by atoms with Crippen LogP contribution in [-0.2, 0) is 9.53 Å². The molecule has 3 aliphatic rings. The highest BCUT2D eigenvalue weighted by atomic mass is 16.6. The number of aliphatic hydroxyl groups is 3. The van der Waals surface area contributed by atoms with Gasteiger partial charge in [-0.15, -0.1) is 0 Å². The molecule has 2 aliphatic carbocycles. The number of rotatable bonds is 0. The first-order valence-electron chi connectivity index (χ1n) is 7.18. The minimum Gasteiger partial charge on any atom is -0.455 e. The Labute approximate surface area is 118 Å². The second kappa shape index (κ2) is 3.84. The molecule has 5 heteroatoms.